The van der Waals surface area contributed by atoms with Crippen LogP contribution in [0.1, 0.15) is 5.69 Å². The van der Waals surface area contributed by atoms with Crippen molar-refractivity contribution < 1.29 is 17.8 Å². The molecule has 4 aromatic rings. The third-order valence-electron chi connectivity index (χ3n) is 4.12. The molecule has 2 aromatic heterocycles. The second-order valence-corrected chi connectivity index (χ2v) is 8.37. The summed E-state index contributed by atoms with van der Waals surface area (Å²) in [6.45, 7) is 0.0828. The van der Waals surface area contributed by atoms with Gasteiger partial charge in [-0.1, -0.05) is 40.3 Å². The van der Waals surface area contributed by atoms with E-state index < -0.39 is 10.0 Å². The number of nitrogens with zero attached hydrogens (tertiary/aromatic N) is 5. The first-order valence-corrected chi connectivity index (χ1v) is 9.81. The maximum Gasteiger partial charge on any atom is 0.242 e. The van der Waals surface area contributed by atoms with E-state index in [-0.39, 0.29) is 11.5 Å². The van der Waals surface area contributed by atoms with E-state index in [1.54, 1.807) is 12.1 Å². The minimum atomic E-state index is -3.58. The first-order valence-electron chi connectivity index (χ1n) is 8.37. The summed E-state index contributed by atoms with van der Waals surface area (Å²) in [5.74, 6) is 0.627. The van der Waals surface area contributed by atoms with E-state index >= 15 is 0 Å². The highest BCUT2D eigenvalue weighted by atomic mass is 32.2. The van der Waals surface area contributed by atoms with Gasteiger partial charge in [-0.05, 0) is 23.4 Å². The van der Waals surface area contributed by atoms with Gasteiger partial charge < -0.3 is 9.36 Å². The van der Waals surface area contributed by atoms with Gasteiger partial charge in [0.05, 0.1) is 4.90 Å². The van der Waals surface area contributed by atoms with Gasteiger partial charge in [0.15, 0.2) is 12.4 Å². The number of sulfonamides is 1. The molecule has 2 aromatic carbocycles. The Hall–Kier alpha value is -3.24. The normalized spacial score (nSPS) is 12.0. The van der Waals surface area contributed by atoms with Crippen LogP contribution < -0.4 is 4.84 Å². The monoisotopic (exact) mass is 399 g/mol. The Morgan fingerprint density at radius 1 is 1.11 bits per heavy atom. The van der Waals surface area contributed by atoms with Gasteiger partial charge in [0, 0.05) is 25.7 Å². The topological polar surface area (TPSA) is 103 Å². The molecule has 144 valence electrons. The number of aromatic nitrogens is 4. The Morgan fingerprint density at radius 3 is 2.64 bits per heavy atom. The maximum atomic E-state index is 12.3. The number of hydrogen-bond acceptors (Lipinski definition) is 7. The van der Waals surface area contributed by atoms with Crippen LogP contribution in [0.4, 0.5) is 0 Å². The SMILES string of the molecule is CN(C)S(=O)(=O)c1ccc2nnn(OCc3cc(-c4ccccc4)on3)c2c1. The Morgan fingerprint density at radius 2 is 1.89 bits per heavy atom. The molecule has 0 aliphatic carbocycles. The van der Waals surface area contributed by atoms with Crippen molar-refractivity contribution in [1.29, 1.82) is 0 Å². The summed E-state index contributed by atoms with van der Waals surface area (Å²) in [5, 5.41) is 11.9. The van der Waals surface area contributed by atoms with E-state index in [4.69, 9.17) is 9.36 Å². The molecule has 0 bridgehead atoms. The fourth-order valence-corrected chi connectivity index (χ4v) is 3.51. The second kappa shape index (κ2) is 7.06. The number of fused-ring (bicyclic) bond motifs is 1. The van der Waals surface area contributed by atoms with Crippen LogP contribution in [0, 0.1) is 0 Å². The minimum Gasteiger partial charge on any atom is -0.388 e. The molecule has 0 amide bonds. The molecule has 0 unspecified atom stereocenters. The molecule has 0 atom stereocenters. The van der Waals surface area contributed by atoms with Crippen LogP contribution in [0.15, 0.2) is 64.0 Å². The fraction of sp³-hybridized carbons (Fsp3) is 0.167. The molecule has 0 saturated heterocycles. The van der Waals surface area contributed by atoms with Crippen molar-refractivity contribution in [1.82, 2.24) is 24.6 Å². The Labute approximate surface area is 161 Å². The predicted octanol–water partition coefficient (Wildman–Crippen LogP) is 1.97. The van der Waals surface area contributed by atoms with Crippen molar-refractivity contribution in [2.45, 2.75) is 11.5 Å². The highest BCUT2D eigenvalue weighted by molar-refractivity contribution is 7.89. The summed E-state index contributed by atoms with van der Waals surface area (Å²) in [6, 6.07) is 15.9. The zero-order valence-electron chi connectivity index (χ0n) is 15.2. The lowest BCUT2D eigenvalue weighted by Crippen LogP contribution is -2.22. The molecule has 0 spiro atoms. The fourth-order valence-electron chi connectivity index (χ4n) is 2.59. The van der Waals surface area contributed by atoms with E-state index in [0.29, 0.717) is 22.5 Å². The van der Waals surface area contributed by atoms with E-state index in [0.717, 1.165) is 9.87 Å². The Balaban J connectivity index is 1.56. The molecule has 10 heteroatoms. The molecule has 0 aliphatic rings. The van der Waals surface area contributed by atoms with Crippen LogP contribution in [0.2, 0.25) is 0 Å². The van der Waals surface area contributed by atoms with Crippen molar-refractivity contribution >= 4 is 21.1 Å². The summed E-state index contributed by atoms with van der Waals surface area (Å²) >= 11 is 0. The largest absolute Gasteiger partial charge is 0.388 e. The lowest BCUT2D eigenvalue weighted by atomic mass is 10.2. The highest BCUT2D eigenvalue weighted by Gasteiger charge is 2.19. The van der Waals surface area contributed by atoms with Crippen LogP contribution in [0.5, 0.6) is 0 Å². The van der Waals surface area contributed by atoms with Gasteiger partial charge in [-0.15, -0.1) is 5.10 Å². The lowest BCUT2D eigenvalue weighted by molar-refractivity contribution is 0.0714. The van der Waals surface area contributed by atoms with Crippen LogP contribution in [0.25, 0.3) is 22.4 Å². The van der Waals surface area contributed by atoms with Crippen LogP contribution in [0.3, 0.4) is 0 Å². The van der Waals surface area contributed by atoms with Crippen molar-refractivity contribution in [2.75, 3.05) is 14.1 Å². The average Bonchev–Trinajstić information content (AvgIpc) is 3.33. The van der Waals surface area contributed by atoms with Crippen molar-refractivity contribution in [3.8, 4) is 11.3 Å². The second-order valence-electron chi connectivity index (χ2n) is 6.22. The van der Waals surface area contributed by atoms with Crippen molar-refractivity contribution in [2.24, 2.45) is 0 Å². The van der Waals surface area contributed by atoms with Gasteiger partial charge in [0.2, 0.25) is 10.0 Å². The molecule has 9 nitrogen and oxygen atoms in total. The number of hydrogen-bond donors (Lipinski definition) is 0. The van der Waals surface area contributed by atoms with Gasteiger partial charge in [0.25, 0.3) is 0 Å². The smallest absolute Gasteiger partial charge is 0.242 e. The van der Waals surface area contributed by atoms with Gasteiger partial charge in [-0.2, -0.15) is 0 Å². The minimum absolute atomic E-state index is 0.0828. The molecular weight excluding hydrogens is 382 g/mol. The van der Waals surface area contributed by atoms with Gasteiger partial charge in [-0.25, -0.2) is 12.7 Å². The van der Waals surface area contributed by atoms with Crippen molar-refractivity contribution in [3.63, 3.8) is 0 Å². The Kier molecular flexibility index (Phi) is 4.57. The standard InChI is InChI=1S/C18H17N5O4S/c1-22(2)28(24,25)15-8-9-16-17(11-15)23(21-19-16)26-12-14-10-18(27-20-14)13-6-4-3-5-7-13/h3-11H,12H2,1-2H3. The molecule has 28 heavy (non-hydrogen) atoms. The quantitative estimate of drug-likeness (QED) is 0.488. The predicted molar refractivity (Wildman–Crippen MR) is 101 cm³/mol. The molecule has 0 aliphatic heterocycles. The summed E-state index contributed by atoms with van der Waals surface area (Å²) < 4.78 is 31.2. The van der Waals surface area contributed by atoms with Crippen LogP contribution in [-0.2, 0) is 16.6 Å². The molecule has 0 saturated carbocycles. The van der Waals surface area contributed by atoms with Crippen LogP contribution in [-0.4, -0.2) is 47.1 Å². The molecular formula is C18H17N5O4S. The zero-order chi connectivity index (χ0) is 19.7. The van der Waals surface area contributed by atoms with Crippen LogP contribution >= 0.6 is 0 Å². The molecule has 2 heterocycles. The van der Waals surface area contributed by atoms with E-state index in [9.17, 15) is 8.42 Å². The highest BCUT2D eigenvalue weighted by Crippen LogP contribution is 2.21. The third kappa shape index (κ3) is 3.35. The molecule has 0 fully saturated rings. The summed E-state index contributed by atoms with van der Waals surface area (Å²) in [7, 11) is -0.630. The van der Waals surface area contributed by atoms with Crippen molar-refractivity contribution in [3.05, 3.63) is 60.3 Å². The number of rotatable bonds is 6. The summed E-state index contributed by atoms with van der Waals surface area (Å²) in [4.78, 5) is 6.95. The first-order chi connectivity index (χ1) is 13.4. The average molecular weight is 399 g/mol. The summed E-state index contributed by atoms with van der Waals surface area (Å²) in [6.07, 6.45) is 0. The molecule has 0 N–H and O–H groups in total. The molecule has 4 rings (SSSR count). The van der Waals surface area contributed by atoms with Gasteiger partial charge >= 0.3 is 0 Å². The molecule has 0 radical (unpaired) electrons. The maximum absolute atomic E-state index is 12.3. The third-order valence-corrected chi connectivity index (χ3v) is 5.93. The Bertz CT molecular complexity index is 1220. The van der Waals surface area contributed by atoms with E-state index in [1.165, 1.54) is 31.1 Å². The zero-order valence-corrected chi connectivity index (χ0v) is 16.0. The summed E-state index contributed by atoms with van der Waals surface area (Å²) in [5.41, 5.74) is 2.43. The first kappa shape index (κ1) is 18.1. The lowest BCUT2D eigenvalue weighted by Gasteiger charge is -2.11. The van der Waals surface area contributed by atoms with E-state index in [2.05, 4.69) is 15.5 Å². The van der Waals surface area contributed by atoms with E-state index in [1.807, 2.05) is 30.3 Å². The van der Waals surface area contributed by atoms with Gasteiger partial charge in [-0.3, -0.25) is 0 Å². The number of benzene rings is 2. The van der Waals surface area contributed by atoms with Gasteiger partial charge in [0.1, 0.15) is 16.7 Å².